The van der Waals surface area contributed by atoms with E-state index in [0.29, 0.717) is 39.3 Å². The summed E-state index contributed by atoms with van der Waals surface area (Å²) in [5.74, 6) is 2.28. The van der Waals surface area contributed by atoms with Crippen LogP contribution in [0.1, 0.15) is 44.6 Å². The standard InChI is InChI=1S/C33H46N4O4/c1-3-35-24-25-41-29-13-6-4-10-27(29)11-8-9-15-33(32(35)39)16-18-34(19-17-33)26-31(38)37-22-20-36(21-23-37)28-12-5-7-14-30(28)40-2/h4-7,10,12-14H,3,8-9,11,15-26H2,1-2H3. The normalized spacial score (nSPS) is 20.5. The third-order valence-corrected chi connectivity index (χ3v) is 9.30. The third-order valence-electron chi connectivity index (χ3n) is 9.30. The van der Waals surface area contributed by atoms with Crippen molar-refractivity contribution in [3.8, 4) is 11.5 Å². The van der Waals surface area contributed by atoms with Crippen LogP contribution in [0.25, 0.3) is 0 Å². The number of fused-ring (bicyclic) bond motifs is 1. The fraction of sp³-hybridized carbons (Fsp3) is 0.576. The molecule has 8 nitrogen and oxygen atoms in total. The van der Waals surface area contributed by atoms with Gasteiger partial charge >= 0.3 is 0 Å². The van der Waals surface area contributed by atoms with Crippen molar-refractivity contribution in [2.75, 3.05) is 77.5 Å². The van der Waals surface area contributed by atoms with E-state index in [1.807, 2.05) is 40.1 Å². The maximum Gasteiger partial charge on any atom is 0.236 e. The highest BCUT2D eigenvalue weighted by atomic mass is 16.5. The van der Waals surface area contributed by atoms with Gasteiger partial charge in [-0.25, -0.2) is 0 Å². The molecular weight excluding hydrogens is 516 g/mol. The van der Waals surface area contributed by atoms with Gasteiger partial charge in [0.1, 0.15) is 18.1 Å². The summed E-state index contributed by atoms with van der Waals surface area (Å²) in [4.78, 5) is 35.8. The van der Waals surface area contributed by atoms with Gasteiger partial charge in [-0.2, -0.15) is 0 Å². The van der Waals surface area contributed by atoms with E-state index >= 15 is 0 Å². The van der Waals surface area contributed by atoms with Crippen LogP contribution in [0.5, 0.6) is 11.5 Å². The summed E-state index contributed by atoms with van der Waals surface area (Å²) >= 11 is 0. The Kier molecular flexibility index (Phi) is 9.70. The van der Waals surface area contributed by atoms with Gasteiger partial charge in [0, 0.05) is 32.7 Å². The monoisotopic (exact) mass is 562 g/mol. The number of likely N-dealkylation sites (tertiary alicyclic amines) is 1. The van der Waals surface area contributed by atoms with Crippen LogP contribution in [0.4, 0.5) is 5.69 Å². The minimum absolute atomic E-state index is 0.191. The molecule has 3 aliphatic heterocycles. The summed E-state index contributed by atoms with van der Waals surface area (Å²) in [5.41, 5.74) is 2.00. The zero-order valence-corrected chi connectivity index (χ0v) is 24.9. The van der Waals surface area contributed by atoms with E-state index in [1.54, 1.807) is 7.11 Å². The Labute approximate surface area is 245 Å². The van der Waals surface area contributed by atoms with Crippen LogP contribution in [0, 0.1) is 5.41 Å². The average molecular weight is 563 g/mol. The molecule has 0 saturated carbocycles. The second-order valence-electron chi connectivity index (χ2n) is 11.6. The number of methoxy groups -OCH3 is 1. The molecule has 3 aliphatic rings. The number of rotatable bonds is 5. The number of benzene rings is 2. The molecule has 0 aliphatic carbocycles. The molecule has 0 bridgehead atoms. The first-order valence-corrected chi connectivity index (χ1v) is 15.4. The van der Waals surface area contributed by atoms with E-state index in [2.05, 4.69) is 34.9 Å². The van der Waals surface area contributed by atoms with Gasteiger partial charge in [0.25, 0.3) is 0 Å². The lowest BCUT2D eigenvalue weighted by atomic mass is 9.73. The third kappa shape index (κ3) is 6.80. The summed E-state index contributed by atoms with van der Waals surface area (Å²) in [7, 11) is 1.70. The number of aryl methyl sites for hydroxylation is 1. The molecule has 8 heteroatoms. The lowest BCUT2D eigenvalue weighted by Gasteiger charge is -2.44. The summed E-state index contributed by atoms with van der Waals surface area (Å²) in [6, 6.07) is 16.4. The van der Waals surface area contributed by atoms with Gasteiger partial charge in [-0.1, -0.05) is 36.8 Å². The van der Waals surface area contributed by atoms with E-state index in [9.17, 15) is 9.59 Å². The first-order chi connectivity index (χ1) is 20.0. The molecule has 0 atom stereocenters. The van der Waals surface area contributed by atoms with Gasteiger partial charge in [-0.3, -0.25) is 14.5 Å². The quantitative estimate of drug-likeness (QED) is 0.547. The Hall–Kier alpha value is -3.26. The number of nitrogens with zero attached hydrogens (tertiary/aromatic N) is 4. The molecule has 222 valence electrons. The number of hydrogen-bond acceptors (Lipinski definition) is 6. The molecule has 2 amide bonds. The molecule has 3 heterocycles. The van der Waals surface area contributed by atoms with Crippen LogP contribution in [-0.4, -0.2) is 99.1 Å². The van der Waals surface area contributed by atoms with Crippen molar-refractivity contribution in [3.05, 3.63) is 54.1 Å². The number of para-hydroxylation sites is 3. The predicted molar refractivity (Wildman–Crippen MR) is 162 cm³/mol. The molecule has 2 aromatic carbocycles. The van der Waals surface area contributed by atoms with Crippen LogP contribution in [0.15, 0.2) is 48.5 Å². The summed E-state index contributed by atoms with van der Waals surface area (Å²) < 4.78 is 11.7. The highest BCUT2D eigenvalue weighted by molar-refractivity contribution is 5.83. The number of ether oxygens (including phenoxy) is 2. The number of amides is 2. The molecule has 41 heavy (non-hydrogen) atoms. The number of carbonyl (C=O) groups is 2. The molecule has 0 N–H and O–H groups in total. The molecule has 0 radical (unpaired) electrons. The van der Waals surface area contributed by atoms with Gasteiger partial charge < -0.3 is 24.2 Å². The Bertz CT molecular complexity index is 1170. The second kappa shape index (κ2) is 13.6. The van der Waals surface area contributed by atoms with Crippen LogP contribution in [-0.2, 0) is 16.0 Å². The minimum Gasteiger partial charge on any atom is -0.495 e. The highest BCUT2D eigenvalue weighted by Gasteiger charge is 2.43. The maximum absolute atomic E-state index is 13.9. The van der Waals surface area contributed by atoms with Crippen LogP contribution < -0.4 is 14.4 Å². The van der Waals surface area contributed by atoms with Crippen LogP contribution in [0.3, 0.4) is 0 Å². The number of piperidine rings is 1. The molecule has 0 unspecified atom stereocenters. The molecule has 0 aromatic heterocycles. The smallest absolute Gasteiger partial charge is 0.236 e. The zero-order chi connectivity index (χ0) is 28.7. The lowest BCUT2D eigenvalue weighted by Crippen LogP contribution is -2.54. The highest BCUT2D eigenvalue weighted by Crippen LogP contribution is 2.39. The van der Waals surface area contributed by atoms with Gasteiger partial charge in [0.2, 0.25) is 11.8 Å². The van der Waals surface area contributed by atoms with E-state index in [0.717, 1.165) is 81.9 Å². The van der Waals surface area contributed by atoms with Crippen molar-refractivity contribution in [2.45, 2.75) is 45.4 Å². The molecule has 2 fully saturated rings. The molecular formula is C33H46N4O4. The van der Waals surface area contributed by atoms with Crippen molar-refractivity contribution < 1.29 is 19.1 Å². The van der Waals surface area contributed by atoms with Crippen molar-refractivity contribution >= 4 is 17.5 Å². The Balaban J connectivity index is 1.16. The topological polar surface area (TPSA) is 65.6 Å². The number of piperazine rings is 1. The molecule has 2 saturated heterocycles. The van der Waals surface area contributed by atoms with Gasteiger partial charge in [0.15, 0.2) is 0 Å². The van der Waals surface area contributed by atoms with Crippen molar-refractivity contribution in [1.29, 1.82) is 0 Å². The van der Waals surface area contributed by atoms with Crippen molar-refractivity contribution in [3.63, 3.8) is 0 Å². The SMILES string of the molecule is CCN1CCOc2ccccc2CCCCC2(CCN(CC(=O)N3CCN(c4ccccc4OC)CC3)CC2)C1=O. The average Bonchev–Trinajstić information content (AvgIpc) is 3.02. The number of carbonyl (C=O) groups excluding carboxylic acids is 2. The van der Waals surface area contributed by atoms with Gasteiger partial charge in [0.05, 0.1) is 31.3 Å². The van der Waals surface area contributed by atoms with E-state index < -0.39 is 0 Å². The zero-order valence-electron chi connectivity index (χ0n) is 24.9. The number of hydrogen-bond donors (Lipinski definition) is 0. The second-order valence-corrected chi connectivity index (χ2v) is 11.6. The first-order valence-electron chi connectivity index (χ1n) is 15.4. The van der Waals surface area contributed by atoms with Gasteiger partial charge in [-0.05, 0) is 75.9 Å². The Morgan fingerprint density at radius 1 is 0.902 bits per heavy atom. The summed E-state index contributed by atoms with van der Waals surface area (Å²) in [5, 5.41) is 0. The van der Waals surface area contributed by atoms with Crippen LogP contribution in [0.2, 0.25) is 0 Å². The minimum atomic E-state index is -0.339. The van der Waals surface area contributed by atoms with Gasteiger partial charge in [-0.15, -0.1) is 0 Å². The molecule has 1 spiro atoms. The van der Waals surface area contributed by atoms with Crippen LogP contribution >= 0.6 is 0 Å². The molecule has 2 aromatic rings. The van der Waals surface area contributed by atoms with E-state index in [4.69, 9.17) is 9.47 Å². The fourth-order valence-corrected chi connectivity index (χ4v) is 6.72. The Morgan fingerprint density at radius 2 is 1.63 bits per heavy atom. The van der Waals surface area contributed by atoms with E-state index in [-0.39, 0.29) is 17.2 Å². The van der Waals surface area contributed by atoms with Crippen molar-refractivity contribution in [1.82, 2.24) is 14.7 Å². The van der Waals surface area contributed by atoms with Crippen molar-refractivity contribution in [2.24, 2.45) is 5.41 Å². The predicted octanol–water partition coefficient (Wildman–Crippen LogP) is 4.08. The Morgan fingerprint density at radius 3 is 2.39 bits per heavy atom. The fourth-order valence-electron chi connectivity index (χ4n) is 6.72. The first kappa shape index (κ1) is 29.2. The largest absolute Gasteiger partial charge is 0.495 e. The number of anilines is 1. The van der Waals surface area contributed by atoms with E-state index in [1.165, 1.54) is 5.56 Å². The summed E-state index contributed by atoms with van der Waals surface area (Å²) in [6.07, 6.45) is 5.59. The summed E-state index contributed by atoms with van der Waals surface area (Å²) in [6.45, 7) is 8.89. The molecule has 5 rings (SSSR count). The maximum atomic E-state index is 13.9. The number of likely N-dealkylation sites (N-methyl/N-ethyl adjacent to an activating group) is 1. The lowest BCUT2D eigenvalue weighted by molar-refractivity contribution is -0.146.